The molecule has 1 N–H and O–H groups in total. The molecular formula is C25H20BrN3O4. The Kier molecular flexibility index (Phi) is 6.65. The number of halogens is 1. The van der Waals surface area contributed by atoms with Crippen LogP contribution in [0.4, 0.5) is 0 Å². The lowest BCUT2D eigenvalue weighted by atomic mass is 10.1. The number of hydrogen-bond donors (Lipinski definition) is 1. The van der Waals surface area contributed by atoms with Crippen LogP contribution in [0.15, 0.2) is 77.7 Å². The van der Waals surface area contributed by atoms with Crippen molar-refractivity contribution in [2.45, 2.75) is 13.5 Å². The molecule has 0 fully saturated rings. The summed E-state index contributed by atoms with van der Waals surface area (Å²) in [5.41, 5.74) is 2.69. The Bertz CT molecular complexity index is 1350. The summed E-state index contributed by atoms with van der Waals surface area (Å²) < 4.78 is 7.56. The Balaban J connectivity index is 1.71. The lowest BCUT2D eigenvalue weighted by molar-refractivity contribution is 0.0528. The first kappa shape index (κ1) is 22.4. The number of ketones is 1. The van der Waals surface area contributed by atoms with Gasteiger partial charge in [-0.1, -0.05) is 28.1 Å². The number of fused-ring (bicyclic) bond motifs is 1. The van der Waals surface area contributed by atoms with Crippen LogP contribution in [0.2, 0.25) is 0 Å². The lowest BCUT2D eigenvalue weighted by Gasteiger charge is -2.08. The zero-order chi connectivity index (χ0) is 23.4. The van der Waals surface area contributed by atoms with Crippen molar-refractivity contribution in [3.63, 3.8) is 0 Å². The van der Waals surface area contributed by atoms with E-state index in [2.05, 4.69) is 26.2 Å². The Morgan fingerprint density at radius 1 is 1.03 bits per heavy atom. The second-order valence-electron chi connectivity index (χ2n) is 7.21. The first-order chi connectivity index (χ1) is 16.0. The molecule has 1 amide bonds. The van der Waals surface area contributed by atoms with Gasteiger partial charge < -0.3 is 14.5 Å². The van der Waals surface area contributed by atoms with E-state index < -0.39 is 5.97 Å². The van der Waals surface area contributed by atoms with E-state index in [1.54, 1.807) is 60.2 Å². The number of aromatic nitrogens is 2. The van der Waals surface area contributed by atoms with E-state index in [1.807, 2.05) is 18.2 Å². The monoisotopic (exact) mass is 505 g/mol. The summed E-state index contributed by atoms with van der Waals surface area (Å²) in [5, 5.41) is 2.85. The van der Waals surface area contributed by atoms with Gasteiger partial charge in [0.15, 0.2) is 0 Å². The van der Waals surface area contributed by atoms with Crippen molar-refractivity contribution in [3.05, 3.63) is 106 Å². The van der Waals surface area contributed by atoms with Gasteiger partial charge in [0.2, 0.25) is 5.78 Å². The number of nitrogens with one attached hydrogen (secondary N) is 1. The maximum Gasteiger partial charge on any atom is 0.340 e. The number of esters is 1. The molecule has 0 saturated heterocycles. The van der Waals surface area contributed by atoms with E-state index in [9.17, 15) is 14.4 Å². The van der Waals surface area contributed by atoms with Crippen molar-refractivity contribution in [1.82, 2.24) is 14.7 Å². The number of ether oxygens (including phenoxy) is 1. The van der Waals surface area contributed by atoms with Crippen LogP contribution in [-0.2, 0) is 11.3 Å². The van der Waals surface area contributed by atoms with Gasteiger partial charge in [0.05, 0.1) is 23.4 Å². The molecule has 0 aliphatic rings. The zero-order valence-electron chi connectivity index (χ0n) is 17.7. The predicted molar refractivity (Wildman–Crippen MR) is 126 cm³/mol. The van der Waals surface area contributed by atoms with Gasteiger partial charge in [0.25, 0.3) is 5.91 Å². The Hall–Kier alpha value is -3.78. The molecule has 4 rings (SSSR count). The van der Waals surface area contributed by atoms with E-state index in [-0.39, 0.29) is 23.9 Å². The van der Waals surface area contributed by atoms with Gasteiger partial charge in [-0.3, -0.25) is 14.6 Å². The van der Waals surface area contributed by atoms with Crippen molar-refractivity contribution in [3.8, 4) is 0 Å². The van der Waals surface area contributed by atoms with Gasteiger partial charge in [-0.05, 0) is 55.0 Å². The SMILES string of the molecule is CCOC(=O)c1cc(C(=O)c2cccc(Br)c2)n2ccc(C(=O)NCc3ccncc3)cc12. The lowest BCUT2D eigenvalue weighted by Crippen LogP contribution is -2.23. The van der Waals surface area contributed by atoms with Crippen LogP contribution in [0.3, 0.4) is 0 Å². The topological polar surface area (TPSA) is 89.8 Å². The molecule has 3 aromatic heterocycles. The van der Waals surface area contributed by atoms with Crippen LogP contribution in [0.1, 0.15) is 49.3 Å². The molecule has 0 bridgehead atoms. The van der Waals surface area contributed by atoms with E-state index in [0.29, 0.717) is 28.9 Å². The van der Waals surface area contributed by atoms with Crippen LogP contribution in [0, 0.1) is 0 Å². The number of carbonyl (C=O) groups excluding carboxylic acids is 3. The van der Waals surface area contributed by atoms with Crippen LogP contribution in [-0.4, -0.2) is 33.7 Å². The second kappa shape index (κ2) is 9.79. The normalized spacial score (nSPS) is 10.7. The molecule has 0 saturated carbocycles. The van der Waals surface area contributed by atoms with Crippen molar-refractivity contribution in [2.24, 2.45) is 0 Å². The number of benzene rings is 1. The second-order valence-corrected chi connectivity index (χ2v) is 8.13. The molecular weight excluding hydrogens is 486 g/mol. The summed E-state index contributed by atoms with van der Waals surface area (Å²) in [6, 6.07) is 15.4. The van der Waals surface area contributed by atoms with E-state index in [1.165, 1.54) is 6.07 Å². The minimum absolute atomic E-state index is 0.192. The third-order valence-corrected chi connectivity index (χ3v) is 5.54. The third kappa shape index (κ3) is 4.85. The van der Waals surface area contributed by atoms with Gasteiger partial charge in [-0.2, -0.15) is 0 Å². The Morgan fingerprint density at radius 2 is 1.82 bits per heavy atom. The van der Waals surface area contributed by atoms with Gasteiger partial charge in [-0.25, -0.2) is 4.79 Å². The molecule has 3 heterocycles. The van der Waals surface area contributed by atoms with Gasteiger partial charge in [-0.15, -0.1) is 0 Å². The number of pyridine rings is 2. The first-order valence-corrected chi connectivity index (χ1v) is 11.1. The Labute approximate surface area is 198 Å². The predicted octanol–water partition coefficient (Wildman–Crippen LogP) is 4.43. The van der Waals surface area contributed by atoms with Crippen LogP contribution < -0.4 is 5.32 Å². The van der Waals surface area contributed by atoms with E-state index in [0.717, 1.165) is 10.0 Å². The van der Waals surface area contributed by atoms with Gasteiger partial charge in [0, 0.05) is 40.7 Å². The molecule has 0 aliphatic heterocycles. The zero-order valence-corrected chi connectivity index (χ0v) is 19.3. The largest absolute Gasteiger partial charge is 0.462 e. The highest BCUT2D eigenvalue weighted by molar-refractivity contribution is 9.10. The molecule has 0 atom stereocenters. The van der Waals surface area contributed by atoms with Crippen LogP contribution in [0.5, 0.6) is 0 Å². The molecule has 7 nitrogen and oxygen atoms in total. The average molecular weight is 506 g/mol. The maximum absolute atomic E-state index is 13.2. The first-order valence-electron chi connectivity index (χ1n) is 10.3. The molecule has 8 heteroatoms. The summed E-state index contributed by atoms with van der Waals surface area (Å²) in [6.07, 6.45) is 4.93. The standard InChI is InChI=1S/C25H20BrN3O4/c1-2-33-25(32)20-14-22(23(30)17-4-3-5-19(26)12-17)29-11-8-18(13-21(20)29)24(31)28-15-16-6-9-27-10-7-16/h3-14H,2,15H2,1H3,(H,28,31). The van der Waals surface area contributed by atoms with Gasteiger partial charge >= 0.3 is 5.97 Å². The molecule has 1 aromatic carbocycles. The Morgan fingerprint density at radius 3 is 2.55 bits per heavy atom. The van der Waals surface area contributed by atoms with Crippen molar-refractivity contribution < 1.29 is 19.1 Å². The van der Waals surface area contributed by atoms with Crippen molar-refractivity contribution >= 4 is 39.1 Å². The maximum atomic E-state index is 13.2. The fourth-order valence-electron chi connectivity index (χ4n) is 3.45. The molecule has 0 radical (unpaired) electrons. The summed E-state index contributed by atoms with van der Waals surface area (Å²) >= 11 is 3.38. The average Bonchev–Trinajstić information content (AvgIpc) is 3.22. The number of nitrogens with zero attached hydrogens (tertiary/aromatic N) is 2. The van der Waals surface area contributed by atoms with E-state index >= 15 is 0 Å². The summed E-state index contributed by atoms with van der Waals surface area (Å²) in [7, 11) is 0. The van der Waals surface area contributed by atoms with Crippen molar-refractivity contribution in [1.29, 1.82) is 0 Å². The van der Waals surface area contributed by atoms with Crippen LogP contribution in [0.25, 0.3) is 5.52 Å². The molecule has 4 aromatic rings. The minimum atomic E-state index is -0.558. The summed E-state index contributed by atoms with van der Waals surface area (Å²) in [6.45, 7) is 2.24. The number of rotatable bonds is 7. The highest BCUT2D eigenvalue weighted by atomic mass is 79.9. The third-order valence-electron chi connectivity index (χ3n) is 5.05. The van der Waals surface area contributed by atoms with E-state index in [4.69, 9.17) is 4.74 Å². The highest BCUT2D eigenvalue weighted by Gasteiger charge is 2.22. The minimum Gasteiger partial charge on any atom is -0.462 e. The van der Waals surface area contributed by atoms with Crippen molar-refractivity contribution in [2.75, 3.05) is 6.61 Å². The molecule has 0 unspecified atom stereocenters. The molecule has 33 heavy (non-hydrogen) atoms. The molecule has 166 valence electrons. The van der Waals surface area contributed by atoms with Crippen LogP contribution >= 0.6 is 15.9 Å². The quantitative estimate of drug-likeness (QED) is 0.296. The van der Waals surface area contributed by atoms with Gasteiger partial charge in [0.1, 0.15) is 0 Å². The highest BCUT2D eigenvalue weighted by Crippen LogP contribution is 2.23. The fraction of sp³-hybridized carbons (Fsp3) is 0.120. The summed E-state index contributed by atoms with van der Waals surface area (Å²) in [4.78, 5) is 42.5. The molecule has 0 spiro atoms. The number of hydrogen-bond acceptors (Lipinski definition) is 5. The fourth-order valence-corrected chi connectivity index (χ4v) is 3.85. The summed E-state index contributed by atoms with van der Waals surface area (Å²) in [5.74, 6) is -1.11. The molecule has 0 aliphatic carbocycles. The number of carbonyl (C=O) groups is 3. The number of amides is 1. The smallest absolute Gasteiger partial charge is 0.340 e.